The van der Waals surface area contributed by atoms with Crippen molar-refractivity contribution in [3.05, 3.63) is 35.9 Å². The van der Waals surface area contributed by atoms with Crippen LogP contribution in [0.15, 0.2) is 30.3 Å². The summed E-state index contributed by atoms with van der Waals surface area (Å²) in [5.74, 6) is -0.355. The van der Waals surface area contributed by atoms with E-state index in [1.54, 1.807) is 9.80 Å². The summed E-state index contributed by atoms with van der Waals surface area (Å²) in [4.78, 5) is 40.9. The third kappa shape index (κ3) is 6.38. The van der Waals surface area contributed by atoms with Crippen molar-refractivity contribution in [2.24, 2.45) is 5.92 Å². The normalized spacial score (nSPS) is 16.9. The van der Waals surface area contributed by atoms with E-state index in [2.05, 4.69) is 5.32 Å². The number of benzene rings is 1. The molecule has 27 heavy (non-hydrogen) atoms. The highest BCUT2D eigenvalue weighted by Crippen LogP contribution is 2.20. The van der Waals surface area contributed by atoms with E-state index >= 15 is 0 Å². The quantitative estimate of drug-likeness (QED) is 0.793. The molecule has 2 rings (SSSR count). The number of amides is 3. The maximum Gasteiger partial charge on any atom is 0.239 e. The van der Waals surface area contributed by atoms with Crippen LogP contribution in [-0.4, -0.2) is 59.7 Å². The number of likely N-dealkylation sites (N-methyl/N-ethyl adjacent to an activating group) is 1. The monoisotopic (exact) mass is 373 g/mol. The Kier molecular flexibility index (Phi) is 7.82. The summed E-state index contributed by atoms with van der Waals surface area (Å²) >= 11 is 0. The van der Waals surface area contributed by atoms with E-state index < -0.39 is 0 Å². The lowest BCUT2D eigenvalue weighted by atomic mass is 9.95. The maximum absolute atomic E-state index is 12.9. The lowest BCUT2D eigenvalue weighted by Gasteiger charge is -2.34. The summed E-state index contributed by atoms with van der Waals surface area (Å²) in [6, 6.07) is 9.71. The van der Waals surface area contributed by atoms with Gasteiger partial charge in [-0.05, 0) is 39.2 Å². The second kappa shape index (κ2) is 10.1. The van der Waals surface area contributed by atoms with Crippen LogP contribution in [0.3, 0.4) is 0 Å². The number of piperidine rings is 1. The van der Waals surface area contributed by atoms with E-state index in [0.717, 1.165) is 18.4 Å². The highest BCUT2D eigenvalue weighted by molar-refractivity contribution is 5.87. The highest BCUT2D eigenvalue weighted by atomic mass is 16.2. The van der Waals surface area contributed by atoms with Gasteiger partial charge in [0, 0.05) is 25.7 Å². The van der Waals surface area contributed by atoms with Gasteiger partial charge in [-0.15, -0.1) is 0 Å². The summed E-state index contributed by atoms with van der Waals surface area (Å²) in [7, 11) is 0. The zero-order valence-corrected chi connectivity index (χ0v) is 16.6. The molecular weight excluding hydrogens is 342 g/mol. The zero-order valence-electron chi connectivity index (χ0n) is 16.6. The van der Waals surface area contributed by atoms with E-state index in [9.17, 15) is 14.4 Å². The lowest BCUT2D eigenvalue weighted by molar-refractivity contribution is -0.143. The van der Waals surface area contributed by atoms with Crippen molar-refractivity contribution in [1.82, 2.24) is 15.1 Å². The minimum absolute atomic E-state index is 0.0337. The standard InChI is InChI=1S/C21H31N3O3/c1-4-23(15-19(25)22-16(2)3)21(27)18-11-8-12-24(14-18)20(26)13-17-9-6-5-7-10-17/h5-7,9-10,16,18H,4,8,11-15H2,1-3H3,(H,22,25). The van der Waals surface area contributed by atoms with Gasteiger partial charge in [-0.1, -0.05) is 30.3 Å². The molecule has 0 aliphatic carbocycles. The first-order chi connectivity index (χ1) is 12.9. The average molecular weight is 373 g/mol. The number of likely N-dealkylation sites (tertiary alicyclic amines) is 1. The van der Waals surface area contributed by atoms with Crippen LogP contribution in [0.2, 0.25) is 0 Å². The second-order valence-corrected chi connectivity index (χ2v) is 7.42. The fourth-order valence-electron chi connectivity index (χ4n) is 3.43. The van der Waals surface area contributed by atoms with Gasteiger partial charge in [0.25, 0.3) is 0 Å². The molecule has 1 fully saturated rings. The Labute approximate surface area is 161 Å². The molecule has 0 aromatic heterocycles. The first-order valence-electron chi connectivity index (χ1n) is 9.80. The van der Waals surface area contributed by atoms with E-state index in [1.165, 1.54) is 0 Å². The molecule has 0 saturated carbocycles. The number of rotatable bonds is 7. The lowest BCUT2D eigenvalue weighted by Crippen LogP contribution is -2.49. The van der Waals surface area contributed by atoms with Gasteiger partial charge in [0.1, 0.15) is 0 Å². The molecule has 1 N–H and O–H groups in total. The van der Waals surface area contributed by atoms with Gasteiger partial charge in [-0.3, -0.25) is 14.4 Å². The van der Waals surface area contributed by atoms with Crippen LogP contribution in [0.5, 0.6) is 0 Å². The summed E-state index contributed by atoms with van der Waals surface area (Å²) in [5.41, 5.74) is 0.983. The molecule has 3 amide bonds. The van der Waals surface area contributed by atoms with E-state index in [1.807, 2.05) is 51.1 Å². The number of nitrogens with one attached hydrogen (secondary N) is 1. The average Bonchev–Trinajstić information content (AvgIpc) is 2.66. The van der Waals surface area contributed by atoms with Crippen molar-refractivity contribution in [3.63, 3.8) is 0 Å². The predicted molar refractivity (Wildman–Crippen MR) is 105 cm³/mol. The van der Waals surface area contributed by atoms with Gasteiger partial charge in [-0.2, -0.15) is 0 Å². The van der Waals surface area contributed by atoms with Crippen molar-refractivity contribution in [2.45, 2.75) is 46.1 Å². The molecule has 1 aromatic carbocycles. The van der Waals surface area contributed by atoms with Crippen LogP contribution in [-0.2, 0) is 20.8 Å². The molecule has 1 saturated heterocycles. The fourth-order valence-corrected chi connectivity index (χ4v) is 3.43. The zero-order chi connectivity index (χ0) is 19.8. The van der Waals surface area contributed by atoms with Gasteiger partial charge in [0.15, 0.2) is 0 Å². The highest BCUT2D eigenvalue weighted by Gasteiger charge is 2.31. The molecule has 148 valence electrons. The number of hydrogen-bond donors (Lipinski definition) is 1. The predicted octanol–water partition coefficient (Wildman–Crippen LogP) is 1.84. The molecular formula is C21H31N3O3. The minimum atomic E-state index is -0.231. The Balaban J connectivity index is 1.94. The Bertz CT molecular complexity index is 645. The van der Waals surface area contributed by atoms with Crippen molar-refractivity contribution in [1.29, 1.82) is 0 Å². The molecule has 0 radical (unpaired) electrons. The number of carbonyl (C=O) groups is 3. The van der Waals surface area contributed by atoms with Gasteiger partial charge >= 0.3 is 0 Å². The van der Waals surface area contributed by atoms with Gasteiger partial charge in [0.2, 0.25) is 17.7 Å². The van der Waals surface area contributed by atoms with Crippen LogP contribution < -0.4 is 5.32 Å². The smallest absolute Gasteiger partial charge is 0.239 e. The summed E-state index contributed by atoms with van der Waals surface area (Å²) in [6.07, 6.45) is 1.93. The maximum atomic E-state index is 12.9. The van der Waals surface area contributed by atoms with E-state index in [4.69, 9.17) is 0 Å². The second-order valence-electron chi connectivity index (χ2n) is 7.42. The van der Waals surface area contributed by atoms with Gasteiger partial charge in [0.05, 0.1) is 18.9 Å². The largest absolute Gasteiger partial charge is 0.352 e. The van der Waals surface area contributed by atoms with Crippen molar-refractivity contribution < 1.29 is 14.4 Å². The topological polar surface area (TPSA) is 69.7 Å². The minimum Gasteiger partial charge on any atom is -0.352 e. The van der Waals surface area contributed by atoms with E-state index in [0.29, 0.717) is 26.1 Å². The Hall–Kier alpha value is -2.37. The summed E-state index contributed by atoms with van der Waals surface area (Å²) in [6.45, 7) is 7.35. The van der Waals surface area contributed by atoms with Gasteiger partial charge in [-0.25, -0.2) is 0 Å². The molecule has 0 spiro atoms. The molecule has 1 aromatic rings. The molecule has 1 unspecified atom stereocenters. The van der Waals surface area contributed by atoms with Crippen molar-refractivity contribution in [2.75, 3.05) is 26.2 Å². The summed E-state index contributed by atoms with van der Waals surface area (Å²) < 4.78 is 0. The van der Waals surface area contributed by atoms with Crippen LogP contribution in [0.25, 0.3) is 0 Å². The SMILES string of the molecule is CCN(CC(=O)NC(C)C)C(=O)C1CCCN(C(=O)Cc2ccccc2)C1. The Morgan fingerprint density at radius 3 is 2.56 bits per heavy atom. The number of hydrogen-bond acceptors (Lipinski definition) is 3. The Morgan fingerprint density at radius 2 is 1.93 bits per heavy atom. The molecule has 1 heterocycles. The van der Waals surface area contributed by atoms with Gasteiger partial charge < -0.3 is 15.1 Å². The summed E-state index contributed by atoms with van der Waals surface area (Å²) in [5, 5.41) is 2.82. The molecule has 6 nitrogen and oxygen atoms in total. The third-order valence-corrected chi connectivity index (χ3v) is 4.80. The molecule has 1 aliphatic heterocycles. The fraction of sp³-hybridized carbons (Fsp3) is 0.571. The van der Waals surface area contributed by atoms with Crippen molar-refractivity contribution >= 4 is 17.7 Å². The van der Waals surface area contributed by atoms with Crippen LogP contribution in [0, 0.1) is 5.92 Å². The number of nitrogens with zero attached hydrogens (tertiary/aromatic N) is 2. The van der Waals surface area contributed by atoms with Crippen LogP contribution in [0.1, 0.15) is 39.2 Å². The van der Waals surface area contributed by atoms with Crippen LogP contribution >= 0.6 is 0 Å². The third-order valence-electron chi connectivity index (χ3n) is 4.80. The number of carbonyl (C=O) groups excluding carboxylic acids is 3. The molecule has 1 atom stereocenters. The van der Waals surface area contributed by atoms with Crippen LogP contribution in [0.4, 0.5) is 0 Å². The first kappa shape index (κ1) is 20.9. The first-order valence-corrected chi connectivity index (χ1v) is 9.80. The Morgan fingerprint density at radius 1 is 1.22 bits per heavy atom. The van der Waals surface area contributed by atoms with E-state index in [-0.39, 0.29) is 36.2 Å². The molecule has 6 heteroatoms. The molecule has 0 bridgehead atoms. The van der Waals surface area contributed by atoms with Crippen molar-refractivity contribution in [3.8, 4) is 0 Å². The molecule has 1 aliphatic rings.